The molecule has 308 valence electrons. The van der Waals surface area contributed by atoms with Gasteiger partial charge in [-0.3, -0.25) is 0 Å². The molecule has 64 heavy (non-hydrogen) atoms. The van der Waals surface area contributed by atoms with Gasteiger partial charge in [-0.15, -0.1) is 0 Å². The summed E-state index contributed by atoms with van der Waals surface area (Å²) in [4.78, 5) is 4.88. The van der Waals surface area contributed by atoms with Crippen LogP contribution in [0.25, 0.3) is 44.5 Å². The number of para-hydroxylation sites is 5. The van der Waals surface area contributed by atoms with Crippen molar-refractivity contribution in [1.82, 2.24) is 0 Å². The fourth-order valence-corrected chi connectivity index (χ4v) is 11.1. The second-order valence-corrected chi connectivity index (χ2v) is 18.8. The molecule has 4 aliphatic heterocycles. The molecular weight excluding hydrogens is 781 g/mol. The van der Waals surface area contributed by atoms with E-state index in [0.29, 0.717) is 0 Å². The first-order chi connectivity index (χ1) is 31.2. The van der Waals surface area contributed by atoms with Crippen LogP contribution in [0.1, 0.15) is 57.2 Å². The van der Waals surface area contributed by atoms with Crippen LogP contribution in [-0.4, -0.2) is 0 Å². The van der Waals surface area contributed by atoms with Crippen molar-refractivity contribution >= 4 is 28.4 Å². The first-order valence-electron chi connectivity index (χ1n) is 22.5. The van der Waals surface area contributed by atoms with Crippen LogP contribution in [0.15, 0.2) is 199 Å². The molecule has 0 fully saturated rings. The van der Waals surface area contributed by atoms with Crippen LogP contribution in [0.2, 0.25) is 0 Å². The fourth-order valence-electron chi connectivity index (χ4n) is 11.1. The lowest BCUT2D eigenvalue weighted by molar-refractivity contribution is 0.379. The molecule has 4 heterocycles. The zero-order chi connectivity index (χ0) is 42.9. The van der Waals surface area contributed by atoms with E-state index in [1.54, 1.807) is 0 Å². The van der Waals surface area contributed by atoms with Gasteiger partial charge in [0.25, 0.3) is 0 Å². The van der Waals surface area contributed by atoms with Crippen LogP contribution < -0.4 is 19.3 Å². The Bertz CT molecular complexity index is 3350. The summed E-state index contributed by atoms with van der Waals surface area (Å²) in [6.07, 6.45) is 4.34. The summed E-state index contributed by atoms with van der Waals surface area (Å²) in [5.74, 6) is 3.78. The number of rotatable bonds is 4. The second kappa shape index (κ2) is 13.5. The predicted molar refractivity (Wildman–Crippen MR) is 262 cm³/mol. The van der Waals surface area contributed by atoms with Gasteiger partial charge in [0.05, 0.1) is 34.1 Å². The molecule has 0 bridgehead atoms. The van der Waals surface area contributed by atoms with Crippen LogP contribution in [-0.2, 0) is 10.8 Å². The maximum atomic E-state index is 6.57. The summed E-state index contributed by atoms with van der Waals surface area (Å²) in [5.41, 5.74) is 21.4. The third kappa shape index (κ3) is 5.35. The van der Waals surface area contributed by atoms with Crippen molar-refractivity contribution in [3.63, 3.8) is 0 Å². The van der Waals surface area contributed by atoms with Gasteiger partial charge in [-0.25, -0.2) is 0 Å². The Morgan fingerprint density at radius 1 is 0.391 bits per heavy atom. The Balaban J connectivity index is 0.823. The van der Waals surface area contributed by atoms with Gasteiger partial charge in [0.2, 0.25) is 0 Å². The number of hydrogen-bond acceptors (Lipinski definition) is 4. The second-order valence-electron chi connectivity index (χ2n) is 18.8. The van der Waals surface area contributed by atoms with E-state index in [9.17, 15) is 0 Å². The number of anilines is 5. The highest BCUT2D eigenvalue weighted by atomic mass is 16.5. The van der Waals surface area contributed by atoms with E-state index in [2.05, 4.69) is 213 Å². The molecule has 1 aliphatic carbocycles. The van der Waals surface area contributed by atoms with E-state index in [4.69, 9.17) is 9.47 Å². The molecular formula is C60H46N2O2. The molecule has 8 aromatic rings. The number of nitrogens with zero attached hydrogens (tertiary/aromatic N) is 2. The zero-order valence-corrected chi connectivity index (χ0v) is 36.4. The monoisotopic (exact) mass is 826 g/mol. The van der Waals surface area contributed by atoms with Crippen LogP contribution >= 0.6 is 0 Å². The standard InChI is InChI=1S/C60H46N2O2/c1-59(2)45-31-29-43(35-51(45)61-49-19-5-7-21-53(49)63-55-23-11-17-47(59)57(55)61)41-15-9-13-39(33-41)37-25-27-38(28-26-37)40-14-10-16-42(34-40)44-30-32-46-52(36-44)62-50-20-6-8-22-54(50)64-56-24-12-18-48(58(56)62)60(46,3)4/h5-11,13-23,25-36H,12,24H2,1-4H3. The van der Waals surface area contributed by atoms with Crippen LogP contribution in [0.5, 0.6) is 17.2 Å². The summed E-state index contributed by atoms with van der Waals surface area (Å²) in [7, 11) is 0. The number of benzene rings is 8. The van der Waals surface area contributed by atoms with Gasteiger partial charge in [-0.05, 0) is 128 Å². The minimum atomic E-state index is -0.193. The fraction of sp³-hybridized carbons (Fsp3) is 0.133. The first-order valence-corrected chi connectivity index (χ1v) is 22.5. The number of allylic oxidation sites excluding steroid dienone is 3. The Morgan fingerprint density at radius 2 is 0.875 bits per heavy atom. The van der Waals surface area contributed by atoms with E-state index in [1.165, 1.54) is 83.8 Å². The molecule has 0 atom stereocenters. The van der Waals surface area contributed by atoms with E-state index < -0.39 is 0 Å². The van der Waals surface area contributed by atoms with E-state index in [1.807, 2.05) is 6.07 Å². The van der Waals surface area contributed by atoms with Gasteiger partial charge >= 0.3 is 0 Å². The van der Waals surface area contributed by atoms with Crippen molar-refractivity contribution in [3.8, 4) is 61.8 Å². The third-order valence-electron chi connectivity index (χ3n) is 14.5. The molecule has 5 aliphatic rings. The lowest BCUT2D eigenvalue weighted by Gasteiger charge is -2.48. The minimum absolute atomic E-state index is 0.144. The molecule has 0 unspecified atom stereocenters. The van der Waals surface area contributed by atoms with Crippen molar-refractivity contribution in [2.45, 2.75) is 51.4 Å². The average molecular weight is 827 g/mol. The summed E-state index contributed by atoms with van der Waals surface area (Å²) in [6.45, 7) is 9.37. The summed E-state index contributed by atoms with van der Waals surface area (Å²) < 4.78 is 13.1. The Morgan fingerprint density at radius 3 is 1.52 bits per heavy atom. The van der Waals surface area contributed by atoms with Gasteiger partial charge in [-0.1, -0.05) is 155 Å². The predicted octanol–water partition coefficient (Wildman–Crippen LogP) is 16.3. The topological polar surface area (TPSA) is 24.9 Å². The van der Waals surface area contributed by atoms with Crippen molar-refractivity contribution < 1.29 is 9.47 Å². The molecule has 4 nitrogen and oxygen atoms in total. The molecule has 0 saturated heterocycles. The largest absolute Gasteiger partial charge is 0.457 e. The molecule has 0 saturated carbocycles. The van der Waals surface area contributed by atoms with Crippen LogP contribution in [0.3, 0.4) is 0 Å². The van der Waals surface area contributed by atoms with Gasteiger partial charge in [0, 0.05) is 17.3 Å². The summed E-state index contributed by atoms with van der Waals surface area (Å²) in [6, 6.07) is 64.3. The van der Waals surface area contributed by atoms with E-state index in [-0.39, 0.29) is 10.8 Å². The van der Waals surface area contributed by atoms with Crippen molar-refractivity contribution in [3.05, 3.63) is 216 Å². The number of ether oxygens (including phenoxy) is 2. The maximum absolute atomic E-state index is 6.57. The highest BCUT2D eigenvalue weighted by Crippen LogP contribution is 2.61. The number of fused-ring (bicyclic) bond motifs is 8. The van der Waals surface area contributed by atoms with E-state index >= 15 is 0 Å². The highest BCUT2D eigenvalue weighted by molar-refractivity contribution is 5.95. The zero-order valence-electron chi connectivity index (χ0n) is 36.4. The normalized spacial score (nSPS) is 16.5. The first kappa shape index (κ1) is 37.0. The van der Waals surface area contributed by atoms with Crippen molar-refractivity contribution in [1.29, 1.82) is 0 Å². The third-order valence-corrected chi connectivity index (χ3v) is 14.5. The van der Waals surface area contributed by atoms with Gasteiger partial charge in [0.1, 0.15) is 5.76 Å². The van der Waals surface area contributed by atoms with Gasteiger partial charge < -0.3 is 19.3 Å². The molecule has 8 aromatic carbocycles. The molecule has 0 N–H and O–H groups in total. The van der Waals surface area contributed by atoms with Gasteiger partial charge in [-0.2, -0.15) is 0 Å². The smallest absolute Gasteiger partial charge is 0.151 e. The Kier molecular flexibility index (Phi) is 7.80. The maximum Gasteiger partial charge on any atom is 0.151 e. The van der Waals surface area contributed by atoms with Crippen LogP contribution in [0.4, 0.5) is 28.4 Å². The molecule has 0 spiro atoms. The SMILES string of the molecule is CC1(C)C2=CCCC3=C2N(c2ccccc2O3)c2cc(-c3cccc(-c4ccc(-c5cccc(-c6ccc7c(c6)N6c8ccccc8Oc8cccc(c86)C7(C)C)c5)cc4)c3)ccc21. The summed E-state index contributed by atoms with van der Waals surface area (Å²) >= 11 is 0. The van der Waals surface area contributed by atoms with Crippen molar-refractivity contribution in [2.24, 2.45) is 0 Å². The van der Waals surface area contributed by atoms with Crippen LogP contribution in [0, 0.1) is 0 Å². The lowest BCUT2D eigenvalue weighted by Crippen LogP contribution is -2.39. The van der Waals surface area contributed by atoms with Crippen molar-refractivity contribution in [2.75, 3.05) is 9.80 Å². The van der Waals surface area contributed by atoms with Gasteiger partial charge in [0.15, 0.2) is 17.2 Å². The highest BCUT2D eigenvalue weighted by Gasteiger charge is 2.45. The minimum Gasteiger partial charge on any atom is -0.457 e. The van der Waals surface area contributed by atoms with E-state index in [0.717, 1.165) is 52.9 Å². The molecule has 4 heteroatoms. The average Bonchev–Trinajstić information content (AvgIpc) is 3.33. The lowest BCUT2D eigenvalue weighted by atomic mass is 9.69. The molecule has 0 amide bonds. The quantitative estimate of drug-likeness (QED) is 0.176. The number of hydrogen-bond donors (Lipinski definition) is 0. The molecule has 0 radical (unpaired) electrons. The Hall–Kier alpha value is -7.56. The Labute approximate surface area is 375 Å². The molecule has 13 rings (SSSR count). The summed E-state index contributed by atoms with van der Waals surface area (Å²) in [5, 5.41) is 0. The molecule has 0 aromatic heterocycles.